The lowest BCUT2D eigenvalue weighted by Crippen LogP contribution is -2.21. The molecule has 1 fully saturated rings. The van der Waals surface area contributed by atoms with Crippen molar-refractivity contribution in [2.45, 2.75) is 25.3 Å². The van der Waals surface area contributed by atoms with Crippen molar-refractivity contribution in [3.63, 3.8) is 0 Å². The number of hydrogen-bond acceptors (Lipinski definition) is 3. The van der Waals surface area contributed by atoms with Gasteiger partial charge in [0.2, 0.25) is 0 Å². The Balaban J connectivity index is 1.47. The molecule has 0 unspecified atom stereocenters. The van der Waals surface area contributed by atoms with Crippen molar-refractivity contribution in [2.24, 2.45) is 0 Å². The van der Waals surface area contributed by atoms with Gasteiger partial charge in [-0.3, -0.25) is 9.78 Å². The fraction of sp³-hybridized carbons (Fsp3) is 0.222. The average molecular weight is 326 g/mol. The van der Waals surface area contributed by atoms with Gasteiger partial charge in [0.05, 0.1) is 4.88 Å². The lowest BCUT2D eigenvalue weighted by atomic mass is 10.1. The highest BCUT2D eigenvalue weighted by molar-refractivity contribution is 7.20. The molecule has 4 rings (SSSR count). The number of benzene rings is 1. The number of fused-ring (bicyclic) bond motifs is 1. The van der Waals surface area contributed by atoms with E-state index in [1.54, 1.807) is 18.3 Å². The molecule has 2 heterocycles. The summed E-state index contributed by atoms with van der Waals surface area (Å²) in [4.78, 5) is 17.1. The normalized spacial score (nSPS) is 14.1. The largest absolute Gasteiger partial charge is 0.347 e. The van der Waals surface area contributed by atoms with E-state index in [0.29, 0.717) is 17.3 Å². The molecule has 0 aliphatic heterocycles. The van der Waals surface area contributed by atoms with Crippen molar-refractivity contribution in [1.82, 2.24) is 10.3 Å². The Morgan fingerprint density at radius 1 is 1.26 bits per heavy atom. The number of thiophene rings is 1. The van der Waals surface area contributed by atoms with Crippen LogP contribution in [0.5, 0.6) is 0 Å². The van der Waals surface area contributed by atoms with Crippen LogP contribution >= 0.6 is 11.3 Å². The van der Waals surface area contributed by atoms with Crippen LogP contribution in [-0.4, -0.2) is 10.9 Å². The molecule has 0 radical (unpaired) electrons. The van der Waals surface area contributed by atoms with Gasteiger partial charge in [-0.2, -0.15) is 0 Å². The van der Waals surface area contributed by atoms with Crippen molar-refractivity contribution in [3.8, 4) is 0 Å². The highest BCUT2D eigenvalue weighted by Gasteiger charge is 2.23. The number of hydrogen-bond donors (Lipinski definition) is 1. The van der Waals surface area contributed by atoms with Gasteiger partial charge in [0.15, 0.2) is 0 Å². The molecule has 23 heavy (non-hydrogen) atoms. The number of nitrogens with one attached hydrogen (secondary N) is 1. The van der Waals surface area contributed by atoms with Crippen molar-refractivity contribution in [2.75, 3.05) is 0 Å². The van der Waals surface area contributed by atoms with Gasteiger partial charge in [0.25, 0.3) is 5.91 Å². The molecule has 1 aromatic carbocycles. The molecule has 1 saturated carbocycles. The van der Waals surface area contributed by atoms with Gasteiger partial charge >= 0.3 is 0 Å². The quantitative estimate of drug-likeness (QED) is 0.779. The summed E-state index contributed by atoms with van der Waals surface area (Å²) in [5.41, 5.74) is 2.27. The minimum atomic E-state index is -0.287. The van der Waals surface area contributed by atoms with Crippen molar-refractivity contribution in [1.29, 1.82) is 0 Å². The minimum Gasteiger partial charge on any atom is -0.347 e. The molecule has 1 amide bonds. The Morgan fingerprint density at radius 2 is 2.13 bits per heavy atom. The number of carbonyl (C=O) groups is 1. The molecule has 1 N–H and O–H groups in total. The number of amides is 1. The molecule has 0 saturated heterocycles. The average Bonchev–Trinajstić information content (AvgIpc) is 3.32. The topological polar surface area (TPSA) is 42.0 Å². The molecular formula is C18H15FN2OS. The van der Waals surface area contributed by atoms with Crippen LogP contribution in [0.25, 0.3) is 10.1 Å². The summed E-state index contributed by atoms with van der Waals surface area (Å²) in [5.74, 6) is 0.226. The van der Waals surface area contributed by atoms with Gasteiger partial charge in [-0.05, 0) is 59.5 Å². The Morgan fingerprint density at radius 3 is 2.96 bits per heavy atom. The first-order chi connectivity index (χ1) is 11.2. The van der Waals surface area contributed by atoms with E-state index in [-0.39, 0.29) is 11.7 Å². The predicted octanol–water partition coefficient (Wildman–Crippen LogP) is 4.24. The van der Waals surface area contributed by atoms with Crippen LogP contribution < -0.4 is 5.32 Å². The van der Waals surface area contributed by atoms with E-state index in [4.69, 9.17) is 0 Å². The van der Waals surface area contributed by atoms with Gasteiger partial charge < -0.3 is 5.32 Å². The van der Waals surface area contributed by atoms with E-state index in [1.807, 2.05) is 6.20 Å². The van der Waals surface area contributed by atoms with Crippen LogP contribution in [0.1, 0.15) is 39.6 Å². The van der Waals surface area contributed by atoms with Crippen LogP contribution in [0.15, 0.2) is 42.7 Å². The third-order valence-corrected chi connectivity index (χ3v) is 5.13. The Kier molecular flexibility index (Phi) is 3.58. The molecular weight excluding hydrogens is 311 g/mol. The highest BCUT2D eigenvalue weighted by Crippen LogP contribution is 2.39. The summed E-state index contributed by atoms with van der Waals surface area (Å²) < 4.78 is 14.1. The molecule has 2 aromatic heterocycles. The minimum absolute atomic E-state index is 0.136. The van der Waals surface area contributed by atoms with Gasteiger partial charge in [0.1, 0.15) is 5.82 Å². The fourth-order valence-corrected chi connectivity index (χ4v) is 3.60. The Hall–Kier alpha value is -2.27. The number of halogens is 1. The lowest BCUT2D eigenvalue weighted by Gasteiger charge is -2.05. The van der Waals surface area contributed by atoms with Gasteiger partial charge in [-0.25, -0.2) is 4.39 Å². The first-order valence-corrected chi connectivity index (χ1v) is 8.42. The van der Waals surface area contributed by atoms with E-state index in [0.717, 1.165) is 15.6 Å². The molecule has 0 atom stereocenters. The van der Waals surface area contributed by atoms with E-state index < -0.39 is 0 Å². The smallest absolute Gasteiger partial charge is 0.261 e. The van der Waals surface area contributed by atoms with Gasteiger partial charge in [-0.15, -0.1) is 11.3 Å². The summed E-state index contributed by atoms with van der Waals surface area (Å²) in [7, 11) is 0. The maximum atomic E-state index is 13.2. The van der Waals surface area contributed by atoms with Gasteiger partial charge in [0, 0.05) is 23.6 Å². The van der Waals surface area contributed by atoms with E-state index in [2.05, 4.69) is 16.4 Å². The molecule has 0 spiro atoms. The van der Waals surface area contributed by atoms with Crippen molar-refractivity contribution in [3.05, 3.63) is 64.5 Å². The number of pyridine rings is 1. The maximum Gasteiger partial charge on any atom is 0.261 e. The predicted molar refractivity (Wildman–Crippen MR) is 89.2 cm³/mol. The first-order valence-electron chi connectivity index (χ1n) is 7.60. The third kappa shape index (κ3) is 3.10. The summed E-state index contributed by atoms with van der Waals surface area (Å²) in [5, 5.41) is 3.68. The lowest BCUT2D eigenvalue weighted by molar-refractivity contribution is 0.0955. The second kappa shape index (κ2) is 5.74. The van der Waals surface area contributed by atoms with Crippen LogP contribution in [-0.2, 0) is 6.54 Å². The zero-order chi connectivity index (χ0) is 15.8. The monoisotopic (exact) mass is 326 g/mol. The third-order valence-electron chi connectivity index (χ3n) is 4.02. The number of aromatic nitrogens is 1. The van der Waals surface area contributed by atoms with Crippen LogP contribution in [0.3, 0.4) is 0 Å². The Labute approximate surface area is 137 Å². The Bertz CT molecular complexity index is 886. The molecule has 3 aromatic rings. The van der Waals surface area contributed by atoms with E-state index in [1.165, 1.54) is 41.9 Å². The molecule has 3 nitrogen and oxygen atoms in total. The second-order valence-corrected chi connectivity index (χ2v) is 6.96. The maximum absolute atomic E-state index is 13.2. The van der Waals surface area contributed by atoms with Crippen molar-refractivity contribution < 1.29 is 9.18 Å². The summed E-state index contributed by atoms with van der Waals surface area (Å²) in [6, 6.07) is 8.42. The van der Waals surface area contributed by atoms with Crippen LogP contribution in [0.4, 0.5) is 4.39 Å². The standard InChI is InChI=1S/C18H15FN2OS/c19-15-3-4-16-13(6-15)7-17(23-16)18(22)21-9-11-5-14(10-20-8-11)12-1-2-12/h3-8,10,12H,1-2,9H2,(H,21,22). The van der Waals surface area contributed by atoms with E-state index in [9.17, 15) is 9.18 Å². The zero-order valence-corrected chi connectivity index (χ0v) is 13.2. The fourth-order valence-electron chi connectivity index (χ4n) is 2.64. The highest BCUT2D eigenvalue weighted by atomic mass is 32.1. The zero-order valence-electron chi connectivity index (χ0n) is 12.4. The first kappa shape index (κ1) is 14.3. The molecule has 1 aliphatic rings. The SMILES string of the molecule is O=C(NCc1cncc(C2CC2)c1)c1cc2cc(F)ccc2s1. The van der Waals surface area contributed by atoms with Crippen molar-refractivity contribution >= 4 is 27.3 Å². The summed E-state index contributed by atoms with van der Waals surface area (Å²) in [6.45, 7) is 0.453. The number of carbonyl (C=O) groups excluding carboxylic acids is 1. The number of rotatable bonds is 4. The van der Waals surface area contributed by atoms with E-state index >= 15 is 0 Å². The summed E-state index contributed by atoms with van der Waals surface area (Å²) in [6.07, 6.45) is 6.15. The summed E-state index contributed by atoms with van der Waals surface area (Å²) >= 11 is 1.37. The molecule has 5 heteroatoms. The second-order valence-electron chi connectivity index (χ2n) is 5.88. The number of nitrogens with zero attached hydrogens (tertiary/aromatic N) is 1. The van der Waals surface area contributed by atoms with Crippen LogP contribution in [0, 0.1) is 5.82 Å². The molecule has 0 bridgehead atoms. The van der Waals surface area contributed by atoms with Gasteiger partial charge in [-0.1, -0.05) is 6.07 Å². The molecule has 1 aliphatic carbocycles. The molecule has 116 valence electrons. The van der Waals surface area contributed by atoms with Crippen LogP contribution in [0.2, 0.25) is 0 Å².